The minimum atomic E-state index is -0.841. The smallest absolute Gasteiger partial charge is 0.305 e. The molecule has 0 heterocycles. The first-order valence-corrected chi connectivity index (χ1v) is 32.3. The third-order valence-electron chi connectivity index (χ3n) is 14.9. The van der Waals surface area contributed by atoms with Gasteiger partial charge in [-0.3, -0.25) is 9.59 Å². The summed E-state index contributed by atoms with van der Waals surface area (Å²) >= 11 is 0. The van der Waals surface area contributed by atoms with Crippen LogP contribution in [0, 0.1) is 0 Å². The van der Waals surface area contributed by atoms with Crippen molar-refractivity contribution >= 4 is 11.9 Å². The number of hydrogen-bond donors (Lipinski definition) is 3. The Bertz CT molecular complexity index is 1170. The van der Waals surface area contributed by atoms with Gasteiger partial charge in [-0.2, -0.15) is 0 Å². The Kier molecular flexibility index (Phi) is 60.0. The number of rotatable bonds is 60. The summed E-state index contributed by atoms with van der Waals surface area (Å²) in [4.78, 5) is 24.4. The van der Waals surface area contributed by atoms with Crippen LogP contribution in [0.2, 0.25) is 0 Å². The largest absolute Gasteiger partial charge is 0.466 e. The number of aliphatic hydroxyl groups is 2. The quantitative estimate of drug-likeness (QED) is 0.0320. The van der Waals surface area contributed by atoms with Gasteiger partial charge in [-0.15, -0.1) is 0 Å². The third kappa shape index (κ3) is 57.4. The molecule has 1 amide bonds. The fraction of sp³-hybridized carbons (Fsp3) is 0.879. The molecule has 0 fully saturated rings. The number of carbonyl (C=O) groups is 2. The van der Waals surface area contributed by atoms with Gasteiger partial charge in [0.2, 0.25) is 5.91 Å². The maximum absolute atomic E-state index is 12.4. The molecular formula is C66H125NO5. The fourth-order valence-corrected chi connectivity index (χ4v) is 9.91. The molecule has 0 aliphatic carbocycles. The predicted molar refractivity (Wildman–Crippen MR) is 315 cm³/mol. The molecule has 0 aromatic heterocycles. The molecule has 3 N–H and O–H groups in total. The molecule has 6 heteroatoms. The van der Waals surface area contributed by atoms with Gasteiger partial charge in [-0.05, 0) is 77.0 Å². The second kappa shape index (κ2) is 61.6. The number of allylic oxidation sites excluding steroid dienone is 5. The van der Waals surface area contributed by atoms with E-state index in [0.717, 1.165) is 44.9 Å². The summed E-state index contributed by atoms with van der Waals surface area (Å²) in [5.41, 5.74) is 0. The maximum atomic E-state index is 12.4. The highest BCUT2D eigenvalue weighted by Gasteiger charge is 2.18. The normalized spacial score (nSPS) is 12.8. The Labute approximate surface area is 449 Å². The van der Waals surface area contributed by atoms with Crippen molar-refractivity contribution in [1.82, 2.24) is 5.32 Å². The van der Waals surface area contributed by atoms with Crippen molar-refractivity contribution in [2.24, 2.45) is 0 Å². The lowest BCUT2D eigenvalue weighted by molar-refractivity contribution is -0.143. The minimum Gasteiger partial charge on any atom is -0.466 e. The van der Waals surface area contributed by atoms with Crippen LogP contribution >= 0.6 is 0 Å². The number of carbonyl (C=O) groups excluding carboxylic acids is 2. The van der Waals surface area contributed by atoms with Crippen molar-refractivity contribution in [3.63, 3.8) is 0 Å². The van der Waals surface area contributed by atoms with Gasteiger partial charge in [0.05, 0.1) is 25.4 Å². The first kappa shape index (κ1) is 70.1. The average Bonchev–Trinajstić information content (AvgIpc) is 3.38. The summed E-state index contributed by atoms with van der Waals surface area (Å²) in [6.07, 6.45) is 77.9. The Balaban J connectivity index is 3.36. The van der Waals surface area contributed by atoms with Crippen LogP contribution in [-0.2, 0) is 14.3 Å². The third-order valence-corrected chi connectivity index (χ3v) is 14.9. The van der Waals surface area contributed by atoms with Gasteiger partial charge in [-0.25, -0.2) is 0 Å². The molecule has 0 radical (unpaired) electrons. The molecule has 0 saturated carbocycles. The molecule has 424 valence electrons. The predicted octanol–water partition coefficient (Wildman–Crippen LogP) is 20.4. The van der Waals surface area contributed by atoms with Gasteiger partial charge in [0.15, 0.2) is 0 Å². The highest BCUT2D eigenvalue weighted by Crippen LogP contribution is 2.17. The number of nitrogens with one attached hydrogen (secondary N) is 1. The Morgan fingerprint density at radius 2 is 0.667 bits per heavy atom. The molecule has 6 nitrogen and oxygen atoms in total. The van der Waals surface area contributed by atoms with Crippen LogP contribution in [0.15, 0.2) is 36.5 Å². The molecule has 0 aliphatic rings. The molecule has 0 aromatic carbocycles. The van der Waals surface area contributed by atoms with E-state index >= 15 is 0 Å². The number of amides is 1. The second-order valence-electron chi connectivity index (χ2n) is 22.1. The van der Waals surface area contributed by atoms with E-state index in [-0.39, 0.29) is 18.5 Å². The summed E-state index contributed by atoms with van der Waals surface area (Å²) in [5, 5.41) is 23.1. The maximum Gasteiger partial charge on any atom is 0.305 e. The number of ether oxygens (including phenoxy) is 1. The summed E-state index contributed by atoms with van der Waals surface area (Å²) in [6, 6.07) is -0.624. The zero-order valence-corrected chi connectivity index (χ0v) is 48.4. The fourth-order valence-electron chi connectivity index (χ4n) is 9.91. The Morgan fingerprint density at radius 1 is 0.375 bits per heavy atom. The summed E-state index contributed by atoms with van der Waals surface area (Å²) in [6.45, 7) is 4.87. The van der Waals surface area contributed by atoms with Crippen LogP contribution in [-0.4, -0.2) is 47.4 Å². The van der Waals surface area contributed by atoms with Gasteiger partial charge in [0.25, 0.3) is 0 Å². The van der Waals surface area contributed by atoms with Gasteiger partial charge in [0, 0.05) is 12.8 Å². The van der Waals surface area contributed by atoms with E-state index in [0.29, 0.717) is 19.4 Å². The van der Waals surface area contributed by atoms with Crippen molar-refractivity contribution in [3.8, 4) is 0 Å². The first-order chi connectivity index (χ1) is 35.5. The average molecular weight is 1010 g/mol. The van der Waals surface area contributed by atoms with E-state index in [1.165, 1.54) is 276 Å². The van der Waals surface area contributed by atoms with Gasteiger partial charge >= 0.3 is 5.97 Å². The molecule has 0 aliphatic heterocycles. The lowest BCUT2D eigenvalue weighted by Gasteiger charge is -2.20. The Hall–Kier alpha value is -1.92. The molecule has 0 aromatic rings. The minimum absolute atomic E-state index is 0.00667. The molecule has 72 heavy (non-hydrogen) atoms. The number of aliphatic hydroxyl groups excluding tert-OH is 2. The van der Waals surface area contributed by atoms with Crippen LogP contribution in [0.3, 0.4) is 0 Å². The number of esters is 1. The van der Waals surface area contributed by atoms with Crippen LogP contribution in [0.5, 0.6) is 0 Å². The molecule has 0 rings (SSSR count). The topological polar surface area (TPSA) is 95.9 Å². The summed E-state index contributed by atoms with van der Waals surface area (Å²) < 4.78 is 5.46. The molecule has 2 unspecified atom stereocenters. The van der Waals surface area contributed by atoms with Crippen LogP contribution in [0.25, 0.3) is 0 Å². The van der Waals surface area contributed by atoms with Crippen molar-refractivity contribution in [2.45, 2.75) is 360 Å². The molecular weight excluding hydrogens is 887 g/mol. The van der Waals surface area contributed by atoms with Gasteiger partial charge < -0.3 is 20.3 Å². The Morgan fingerprint density at radius 3 is 1.03 bits per heavy atom. The molecule has 0 saturated heterocycles. The van der Waals surface area contributed by atoms with Crippen molar-refractivity contribution in [2.75, 3.05) is 13.2 Å². The monoisotopic (exact) mass is 1010 g/mol. The van der Waals surface area contributed by atoms with Gasteiger partial charge in [-0.1, -0.05) is 294 Å². The van der Waals surface area contributed by atoms with Crippen molar-refractivity contribution in [3.05, 3.63) is 36.5 Å². The van der Waals surface area contributed by atoms with E-state index in [2.05, 4.69) is 43.5 Å². The molecule has 2 atom stereocenters. The SMILES string of the molecule is CCCC/C=C\CCCCCCCC(=O)OCCCCCCCCCCCCCC/C=C\CCCCCCCCCCCCCCCCCCC(=O)NC(CO)C(O)/C=C/CCCCCCCCCCCC. The van der Waals surface area contributed by atoms with Crippen LogP contribution in [0.4, 0.5) is 0 Å². The molecule has 0 bridgehead atoms. The zero-order chi connectivity index (χ0) is 52.2. The van der Waals surface area contributed by atoms with E-state index in [1.807, 2.05) is 6.08 Å². The highest BCUT2D eigenvalue weighted by molar-refractivity contribution is 5.76. The highest BCUT2D eigenvalue weighted by atomic mass is 16.5. The zero-order valence-electron chi connectivity index (χ0n) is 48.4. The van der Waals surface area contributed by atoms with Crippen LogP contribution in [0.1, 0.15) is 348 Å². The van der Waals surface area contributed by atoms with E-state index < -0.39 is 12.1 Å². The van der Waals surface area contributed by atoms with E-state index in [4.69, 9.17) is 4.74 Å². The summed E-state index contributed by atoms with van der Waals surface area (Å²) in [7, 11) is 0. The van der Waals surface area contributed by atoms with Gasteiger partial charge in [0.1, 0.15) is 0 Å². The van der Waals surface area contributed by atoms with Crippen LogP contribution < -0.4 is 5.32 Å². The lowest BCUT2D eigenvalue weighted by atomic mass is 10.0. The second-order valence-corrected chi connectivity index (χ2v) is 22.1. The number of hydrogen-bond acceptors (Lipinski definition) is 5. The standard InChI is InChI=1S/C66H125NO5/c1-3-5-7-9-11-13-15-39-42-46-50-54-58-64(69)63(62-68)67-65(70)59-55-51-47-43-40-36-34-32-30-28-26-24-22-20-18-16-17-19-21-23-25-27-29-31-33-35-37-41-45-49-53-57-61-72-66(71)60-56-52-48-44-38-14-12-10-8-6-4-2/h10,12,19,21,54,58,63-64,68-69H,3-9,11,13-18,20,22-53,55-57,59-62H2,1-2H3,(H,67,70)/b12-10-,21-19-,58-54+. The van der Waals surface area contributed by atoms with E-state index in [1.54, 1.807) is 6.08 Å². The number of unbranched alkanes of at least 4 members (excludes halogenated alkanes) is 45. The van der Waals surface area contributed by atoms with Crippen molar-refractivity contribution < 1.29 is 24.5 Å². The first-order valence-electron chi connectivity index (χ1n) is 32.3. The van der Waals surface area contributed by atoms with Crippen molar-refractivity contribution in [1.29, 1.82) is 0 Å². The summed E-state index contributed by atoms with van der Waals surface area (Å²) in [5.74, 6) is -0.0585. The molecule has 0 spiro atoms. The van der Waals surface area contributed by atoms with E-state index in [9.17, 15) is 19.8 Å². The lowest BCUT2D eigenvalue weighted by Crippen LogP contribution is -2.45.